The van der Waals surface area contributed by atoms with Crippen LogP contribution in [0, 0.1) is 13.8 Å². The molecule has 0 aliphatic heterocycles. The Labute approximate surface area is 197 Å². The second-order valence-corrected chi connectivity index (χ2v) is 8.96. The molecule has 1 atom stereocenters. The molecule has 33 heavy (non-hydrogen) atoms. The lowest BCUT2D eigenvalue weighted by molar-refractivity contribution is 0.0933. The molecule has 0 fully saturated rings. The van der Waals surface area contributed by atoms with Crippen LogP contribution in [0.5, 0.6) is 0 Å². The molecular weight excluding hydrogens is 434 g/mol. The maximum absolute atomic E-state index is 12.6. The minimum Gasteiger partial charge on any atom is -0.447 e. The topological polar surface area (TPSA) is 85.8 Å². The van der Waals surface area contributed by atoms with Crippen molar-refractivity contribution in [2.45, 2.75) is 50.6 Å². The lowest BCUT2D eigenvalue weighted by Gasteiger charge is -2.12. The normalized spacial score (nSPS) is 12.0. The van der Waals surface area contributed by atoms with Gasteiger partial charge in [-0.15, -0.1) is 10.2 Å². The van der Waals surface area contributed by atoms with Gasteiger partial charge in [-0.2, -0.15) is 0 Å². The van der Waals surface area contributed by atoms with E-state index < -0.39 is 0 Å². The van der Waals surface area contributed by atoms with Crippen LogP contribution in [0.25, 0.3) is 5.69 Å². The van der Waals surface area contributed by atoms with E-state index in [9.17, 15) is 4.79 Å². The lowest BCUT2D eigenvalue weighted by atomic mass is 10.1. The summed E-state index contributed by atoms with van der Waals surface area (Å²) in [7, 11) is 0. The number of hydrogen-bond donors (Lipinski definition) is 1. The molecule has 2 heterocycles. The van der Waals surface area contributed by atoms with Gasteiger partial charge in [0, 0.05) is 11.7 Å². The summed E-state index contributed by atoms with van der Waals surface area (Å²) in [6.45, 7) is 5.97. The molecule has 4 rings (SSSR count). The summed E-state index contributed by atoms with van der Waals surface area (Å²) in [6.07, 6.45) is 3.17. The van der Waals surface area contributed by atoms with Crippen molar-refractivity contribution in [1.29, 1.82) is 0 Å². The van der Waals surface area contributed by atoms with E-state index in [0.29, 0.717) is 11.6 Å². The molecule has 0 bridgehead atoms. The van der Waals surface area contributed by atoms with Gasteiger partial charge in [0.25, 0.3) is 5.91 Å². The first-order valence-corrected chi connectivity index (χ1v) is 11.9. The van der Waals surface area contributed by atoms with E-state index >= 15 is 0 Å². The highest BCUT2D eigenvalue weighted by molar-refractivity contribution is 7.98. The lowest BCUT2D eigenvalue weighted by Crippen LogP contribution is -2.33. The Kier molecular flexibility index (Phi) is 7.24. The molecule has 2 aromatic heterocycles. The summed E-state index contributed by atoms with van der Waals surface area (Å²) in [6, 6.07) is 18.5. The number of aryl methyl sites for hydroxylation is 3. The summed E-state index contributed by atoms with van der Waals surface area (Å²) in [5.74, 6) is 1.49. The van der Waals surface area contributed by atoms with Crippen molar-refractivity contribution in [2.75, 3.05) is 0 Å². The molecule has 7 nitrogen and oxygen atoms in total. The number of carbonyl (C=O) groups is 1. The van der Waals surface area contributed by atoms with Crippen molar-refractivity contribution in [3.05, 3.63) is 89.4 Å². The maximum Gasteiger partial charge on any atom is 0.273 e. The van der Waals surface area contributed by atoms with Gasteiger partial charge in [0.2, 0.25) is 5.89 Å². The van der Waals surface area contributed by atoms with Crippen LogP contribution >= 0.6 is 11.8 Å². The first kappa shape index (κ1) is 22.8. The molecular formula is C25H27N5O2S. The highest BCUT2D eigenvalue weighted by atomic mass is 32.2. The standard InChI is InChI=1S/C25H27N5O2S/c1-17-9-13-21(14-10-17)30-19(3)28-29-25(30)33-16-23-27-22(15-32-23)24(31)26-18(2)11-12-20-7-5-4-6-8-20/h4-10,13-15,18H,11-12,16H2,1-3H3,(H,26,31). The van der Waals surface area contributed by atoms with Crippen LogP contribution in [0.3, 0.4) is 0 Å². The largest absolute Gasteiger partial charge is 0.447 e. The third-order valence-electron chi connectivity index (χ3n) is 5.28. The summed E-state index contributed by atoms with van der Waals surface area (Å²) in [5.41, 5.74) is 3.74. The van der Waals surface area contributed by atoms with Gasteiger partial charge in [-0.1, -0.05) is 59.8 Å². The quantitative estimate of drug-likeness (QED) is 0.356. The van der Waals surface area contributed by atoms with Crippen LogP contribution in [0.2, 0.25) is 0 Å². The molecule has 4 aromatic rings. The third kappa shape index (κ3) is 5.90. The van der Waals surface area contributed by atoms with Crippen molar-refractivity contribution in [2.24, 2.45) is 0 Å². The van der Waals surface area contributed by atoms with Gasteiger partial charge in [-0.05, 0) is 51.3 Å². The van der Waals surface area contributed by atoms with E-state index in [1.54, 1.807) is 0 Å². The minimum atomic E-state index is -0.228. The van der Waals surface area contributed by atoms with Gasteiger partial charge in [-0.25, -0.2) is 4.98 Å². The van der Waals surface area contributed by atoms with E-state index in [4.69, 9.17) is 4.42 Å². The first-order valence-electron chi connectivity index (χ1n) is 10.9. The fourth-order valence-electron chi connectivity index (χ4n) is 3.43. The van der Waals surface area contributed by atoms with Gasteiger partial charge in [-0.3, -0.25) is 9.36 Å². The summed E-state index contributed by atoms with van der Waals surface area (Å²) < 4.78 is 7.53. The summed E-state index contributed by atoms with van der Waals surface area (Å²) in [4.78, 5) is 16.9. The number of nitrogens with one attached hydrogen (secondary N) is 1. The molecule has 170 valence electrons. The first-order chi connectivity index (χ1) is 16.0. The van der Waals surface area contributed by atoms with Crippen LogP contribution < -0.4 is 5.32 Å². The highest BCUT2D eigenvalue weighted by Crippen LogP contribution is 2.25. The SMILES string of the molecule is Cc1ccc(-n2c(C)nnc2SCc2nc(C(=O)NC(C)CCc3ccccc3)co2)cc1. The Bertz CT molecular complexity index is 1200. The number of carbonyl (C=O) groups excluding carboxylic acids is 1. The number of benzene rings is 2. The molecule has 0 aliphatic rings. The number of amides is 1. The molecule has 1 unspecified atom stereocenters. The molecule has 0 saturated heterocycles. The van der Waals surface area contributed by atoms with Crippen LogP contribution in [0.4, 0.5) is 0 Å². The molecule has 0 radical (unpaired) electrons. The predicted molar refractivity (Wildman–Crippen MR) is 129 cm³/mol. The fraction of sp³-hybridized carbons (Fsp3) is 0.280. The van der Waals surface area contributed by atoms with E-state index in [0.717, 1.165) is 29.5 Å². The fourth-order valence-corrected chi connectivity index (χ4v) is 4.28. The Hall–Kier alpha value is -3.39. The number of nitrogens with zero attached hydrogens (tertiary/aromatic N) is 4. The smallest absolute Gasteiger partial charge is 0.273 e. The van der Waals surface area contributed by atoms with Crippen LogP contribution in [0.15, 0.2) is 70.4 Å². The number of aromatic nitrogens is 4. The highest BCUT2D eigenvalue weighted by Gasteiger charge is 2.17. The molecule has 1 amide bonds. The zero-order valence-electron chi connectivity index (χ0n) is 19.0. The average Bonchev–Trinajstić information content (AvgIpc) is 3.44. The predicted octanol–water partition coefficient (Wildman–Crippen LogP) is 4.92. The summed E-state index contributed by atoms with van der Waals surface area (Å²) >= 11 is 1.47. The van der Waals surface area contributed by atoms with Crippen LogP contribution in [-0.4, -0.2) is 31.7 Å². The third-order valence-corrected chi connectivity index (χ3v) is 6.20. The number of hydrogen-bond acceptors (Lipinski definition) is 6. The van der Waals surface area contributed by atoms with Crippen molar-refractivity contribution < 1.29 is 9.21 Å². The minimum absolute atomic E-state index is 0.0308. The average molecular weight is 462 g/mol. The maximum atomic E-state index is 12.6. The van der Waals surface area contributed by atoms with Crippen molar-refractivity contribution in [3.63, 3.8) is 0 Å². The number of rotatable bonds is 9. The molecule has 0 spiro atoms. The molecule has 8 heteroatoms. The van der Waals surface area contributed by atoms with E-state index in [-0.39, 0.29) is 17.6 Å². The van der Waals surface area contributed by atoms with Gasteiger partial charge < -0.3 is 9.73 Å². The van der Waals surface area contributed by atoms with Crippen LogP contribution in [0.1, 0.15) is 46.7 Å². The molecule has 0 saturated carbocycles. The van der Waals surface area contributed by atoms with E-state index in [1.165, 1.54) is 29.2 Å². The van der Waals surface area contributed by atoms with Gasteiger partial charge in [0.1, 0.15) is 12.1 Å². The monoisotopic (exact) mass is 461 g/mol. The zero-order valence-corrected chi connectivity index (χ0v) is 19.8. The Morgan fingerprint density at radius 3 is 2.61 bits per heavy atom. The zero-order chi connectivity index (χ0) is 23.2. The molecule has 1 N–H and O–H groups in total. The number of thioether (sulfide) groups is 1. The number of oxazole rings is 1. The van der Waals surface area contributed by atoms with E-state index in [2.05, 4.69) is 51.7 Å². The summed E-state index contributed by atoms with van der Waals surface area (Å²) in [5, 5.41) is 12.2. The molecule has 2 aromatic carbocycles. The van der Waals surface area contributed by atoms with Crippen LogP contribution in [-0.2, 0) is 12.2 Å². The van der Waals surface area contributed by atoms with E-state index in [1.807, 2.05) is 48.7 Å². The Morgan fingerprint density at radius 1 is 1.09 bits per heavy atom. The van der Waals surface area contributed by atoms with Gasteiger partial charge in [0.05, 0.1) is 5.75 Å². The van der Waals surface area contributed by atoms with Crippen molar-refractivity contribution >= 4 is 17.7 Å². The van der Waals surface area contributed by atoms with Crippen molar-refractivity contribution in [3.8, 4) is 5.69 Å². The van der Waals surface area contributed by atoms with Gasteiger partial charge >= 0.3 is 0 Å². The Balaban J connectivity index is 1.33. The second kappa shape index (κ2) is 10.5. The Morgan fingerprint density at radius 2 is 1.85 bits per heavy atom. The molecule has 0 aliphatic carbocycles. The van der Waals surface area contributed by atoms with Gasteiger partial charge in [0.15, 0.2) is 10.9 Å². The second-order valence-electron chi connectivity index (χ2n) is 8.01. The van der Waals surface area contributed by atoms with Crippen molar-refractivity contribution in [1.82, 2.24) is 25.1 Å².